The number of aliphatic carboxylic acids is 1. The molecule has 0 aromatic heterocycles. The Morgan fingerprint density at radius 2 is 2.00 bits per heavy atom. The second kappa shape index (κ2) is 7.02. The molecule has 0 spiro atoms. The molecule has 0 aliphatic carbocycles. The van der Waals surface area contributed by atoms with E-state index in [1.54, 1.807) is 0 Å². The van der Waals surface area contributed by atoms with Gasteiger partial charge < -0.3 is 19.5 Å². The van der Waals surface area contributed by atoms with Gasteiger partial charge in [0.25, 0.3) is 5.91 Å². The molecule has 0 saturated carbocycles. The Balaban J connectivity index is 2.05. The van der Waals surface area contributed by atoms with Crippen LogP contribution in [0.1, 0.15) is 5.56 Å². The average molecular weight is 279 g/mol. The van der Waals surface area contributed by atoms with Crippen molar-refractivity contribution in [2.24, 2.45) is 0 Å². The van der Waals surface area contributed by atoms with Gasteiger partial charge in [0.05, 0.1) is 19.8 Å². The molecule has 1 atom stereocenters. The highest BCUT2D eigenvalue weighted by atomic mass is 16.6. The van der Waals surface area contributed by atoms with E-state index in [0.29, 0.717) is 13.2 Å². The number of hydrogen-bond acceptors (Lipinski definition) is 4. The zero-order chi connectivity index (χ0) is 14.4. The quantitative estimate of drug-likeness (QED) is 0.850. The number of hydrogen-bond donors (Lipinski definition) is 1. The second-order valence-electron chi connectivity index (χ2n) is 4.51. The highest BCUT2D eigenvalue weighted by Crippen LogP contribution is 2.10. The SMILES string of the molecule is O=C(O)CN(Cc1ccccc1)C(=O)[C@H]1COCCO1. The maximum Gasteiger partial charge on any atom is 0.323 e. The summed E-state index contributed by atoms with van der Waals surface area (Å²) in [4.78, 5) is 24.5. The number of carboxylic acid groups (broad SMARTS) is 1. The summed E-state index contributed by atoms with van der Waals surface area (Å²) in [7, 11) is 0. The van der Waals surface area contributed by atoms with Gasteiger partial charge in [-0.15, -0.1) is 0 Å². The highest BCUT2D eigenvalue weighted by molar-refractivity contribution is 5.84. The molecular weight excluding hydrogens is 262 g/mol. The minimum Gasteiger partial charge on any atom is -0.480 e. The first kappa shape index (κ1) is 14.5. The van der Waals surface area contributed by atoms with Crippen molar-refractivity contribution in [1.82, 2.24) is 4.90 Å². The lowest BCUT2D eigenvalue weighted by Crippen LogP contribution is -2.46. The Labute approximate surface area is 116 Å². The summed E-state index contributed by atoms with van der Waals surface area (Å²) in [5.41, 5.74) is 0.874. The predicted molar refractivity (Wildman–Crippen MR) is 70.1 cm³/mol. The summed E-state index contributed by atoms with van der Waals surface area (Å²) in [5, 5.41) is 8.94. The summed E-state index contributed by atoms with van der Waals surface area (Å²) in [6.45, 7) is 0.868. The molecule has 0 unspecified atom stereocenters. The zero-order valence-electron chi connectivity index (χ0n) is 11.0. The third-order valence-electron chi connectivity index (χ3n) is 2.95. The van der Waals surface area contributed by atoms with E-state index in [9.17, 15) is 9.59 Å². The van der Waals surface area contributed by atoms with Gasteiger partial charge >= 0.3 is 5.97 Å². The van der Waals surface area contributed by atoms with Crippen LogP contribution in [-0.4, -0.2) is 54.4 Å². The Morgan fingerprint density at radius 3 is 2.60 bits per heavy atom. The zero-order valence-corrected chi connectivity index (χ0v) is 11.0. The smallest absolute Gasteiger partial charge is 0.323 e. The topological polar surface area (TPSA) is 76.1 Å². The first-order valence-electron chi connectivity index (χ1n) is 6.40. The largest absolute Gasteiger partial charge is 0.480 e. The van der Waals surface area contributed by atoms with E-state index in [1.165, 1.54) is 4.90 Å². The van der Waals surface area contributed by atoms with Crippen molar-refractivity contribution in [2.75, 3.05) is 26.4 Å². The molecule has 1 aromatic carbocycles. The molecular formula is C14H17NO5. The van der Waals surface area contributed by atoms with Gasteiger partial charge in [-0.2, -0.15) is 0 Å². The van der Waals surface area contributed by atoms with Crippen LogP contribution in [0.3, 0.4) is 0 Å². The Morgan fingerprint density at radius 1 is 1.25 bits per heavy atom. The maximum absolute atomic E-state index is 12.3. The Bertz CT molecular complexity index is 456. The number of rotatable bonds is 5. The summed E-state index contributed by atoms with van der Waals surface area (Å²) < 4.78 is 10.5. The number of carbonyl (C=O) groups is 2. The number of ether oxygens (including phenoxy) is 2. The van der Waals surface area contributed by atoms with Crippen LogP contribution in [0.5, 0.6) is 0 Å². The molecule has 0 bridgehead atoms. The number of carboxylic acids is 1. The molecule has 108 valence electrons. The molecule has 1 fully saturated rings. The van der Waals surface area contributed by atoms with Crippen LogP contribution < -0.4 is 0 Å². The van der Waals surface area contributed by atoms with E-state index in [4.69, 9.17) is 14.6 Å². The molecule has 1 aliphatic heterocycles. The summed E-state index contributed by atoms with van der Waals surface area (Å²) in [6.07, 6.45) is -0.716. The van der Waals surface area contributed by atoms with Gasteiger partial charge in [0.1, 0.15) is 6.54 Å². The lowest BCUT2D eigenvalue weighted by Gasteiger charge is -2.28. The first-order chi connectivity index (χ1) is 9.66. The van der Waals surface area contributed by atoms with Gasteiger partial charge in [0.15, 0.2) is 6.10 Å². The van der Waals surface area contributed by atoms with Crippen molar-refractivity contribution in [1.29, 1.82) is 0 Å². The average Bonchev–Trinajstić information content (AvgIpc) is 2.47. The molecule has 1 saturated heterocycles. The maximum atomic E-state index is 12.3. The summed E-state index contributed by atoms with van der Waals surface area (Å²) in [5.74, 6) is -1.40. The summed E-state index contributed by atoms with van der Waals surface area (Å²) >= 11 is 0. The fourth-order valence-electron chi connectivity index (χ4n) is 2.01. The second-order valence-corrected chi connectivity index (χ2v) is 4.51. The van der Waals surface area contributed by atoms with Gasteiger partial charge in [0, 0.05) is 6.54 Å². The van der Waals surface area contributed by atoms with Gasteiger partial charge in [0.2, 0.25) is 0 Å². The molecule has 0 radical (unpaired) electrons. The van der Waals surface area contributed by atoms with Crippen molar-refractivity contribution < 1.29 is 24.2 Å². The van der Waals surface area contributed by atoms with Crippen molar-refractivity contribution in [2.45, 2.75) is 12.6 Å². The molecule has 1 aliphatic rings. The summed E-state index contributed by atoms with van der Waals surface area (Å²) in [6, 6.07) is 9.25. The first-order valence-corrected chi connectivity index (χ1v) is 6.40. The lowest BCUT2D eigenvalue weighted by atomic mass is 10.2. The van der Waals surface area contributed by atoms with Crippen LogP contribution in [0.2, 0.25) is 0 Å². The molecule has 1 amide bonds. The van der Waals surface area contributed by atoms with Crippen LogP contribution in [0.25, 0.3) is 0 Å². The van der Waals surface area contributed by atoms with E-state index < -0.39 is 12.1 Å². The van der Waals surface area contributed by atoms with Crippen molar-refractivity contribution in [3.05, 3.63) is 35.9 Å². The number of amides is 1. The molecule has 2 rings (SSSR count). The van der Waals surface area contributed by atoms with Crippen LogP contribution in [-0.2, 0) is 25.6 Å². The molecule has 1 aromatic rings. The fourth-order valence-corrected chi connectivity index (χ4v) is 2.01. The van der Waals surface area contributed by atoms with Crippen LogP contribution in [0.15, 0.2) is 30.3 Å². The molecule has 6 nitrogen and oxygen atoms in total. The molecule has 20 heavy (non-hydrogen) atoms. The third-order valence-corrected chi connectivity index (χ3v) is 2.95. The Kier molecular flexibility index (Phi) is 5.09. The lowest BCUT2D eigenvalue weighted by molar-refractivity contribution is -0.162. The van der Waals surface area contributed by atoms with Crippen LogP contribution in [0, 0.1) is 0 Å². The predicted octanol–water partition coefficient (Wildman–Crippen LogP) is 0.515. The highest BCUT2D eigenvalue weighted by Gasteiger charge is 2.28. The van der Waals surface area contributed by atoms with Crippen molar-refractivity contribution in [3.63, 3.8) is 0 Å². The fraction of sp³-hybridized carbons (Fsp3) is 0.429. The van der Waals surface area contributed by atoms with Crippen LogP contribution >= 0.6 is 0 Å². The Hall–Kier alpha value is -1.92. The van der Waals surface area contributed by atoms with E-state index in [1.807, 2.05) is 30.3 Å². The molecule has 6 heteroatoms. The van der Waals surface area contributed by atoms with E-state index in [0.717, 1.165) is 5.56 Å². The third kappa shape index (κ3) is 4.04. The minimum atomic E-state index is -1.05. The standard InChI is InChI=1S/C14H17NO5/c16-13(17)9-15(8-11-4-2-1-3-5-11)14(18)12-10-19-6-7-20-12/h1-5,12H,6-10H2,(H,16,17)/t12-/m1/s1. The van der Waals surface area contributed by atoms with Gasteiger partial charge in [-0.3, -0.25) is 9.59 Å². The van der Waals surface area contributed by atoms with Crippen molar-refractivity contribution in [3.8, 4) is 0 Å². The van der Waals surface area contributed by atoms with E-state index >= 15 is 0 Å². The van der Waals surface area contributed by atoms with E-state index in [2.05, 4.69) is 0 Å². The van der Waals surface area contributed by atoms with Crippen molar-refractivity contribution >= 4 is 11.9 Å². The molecule has 1 heterocycles. The number of nitrogens with zero attached hydrogens (tertiary/aromatic N) is 1. The normalized spacial score (nSPS) is 18.5. The van der Waals surface area contributed by atoms with Gasteiger partial charge in [-0.25, -0.2) is 0 Å². The van der Waals surface area contributed by atoms with Gasteiger partial charge in [-0.05, 0) is 5.56 Å². The number of carbonyl (C=O) groups excluding carboxylic acids is 1. The monoisotopic (exact) mass is 279 g/mol. The minimum absolute atomic E-state index is 0.170. The van der Waals surface area contributed by atoms with Gasteiger partial charge in [-0.1, -0.05) is 30.3 Å². The van der Waals surface area contributed by atoms with Crippen LogP contribution in [0.4, 0.5) is 0 Å². The van der Waals surface area contributed by atoms with E-state index in [-0.39, 0.29) is 25.6 Å². The molecule has 1 N–H and O–H groups in total. The number of benzene rings is 1.